The molecule has 0 radical (unpaired) electrons. The van der Waals surface area contributed by atoms with E-state index < -0.39 is 0 Å². The topological polar surface area (TPSA) is 82.3 Å². The quantitative estimate of drug-likeness (QED) is 0.357. The number of carbonyl (C=O) groups excluding carboxylic acids is 1. The molecule has 0 spiro atoms. The van der Waals surface area contributed by atoms with Gasteiger partial charge in [0.2, 0.25) is 5.91 Å². The Labute approximate surface area is 161 Å². The van der Waals surface area contributed by atoms with E-state index in [2.05, 4.69) is 27.4 Å². The van der Waals surface area contributed by atoms with Crippen LogP contribution in [0.15, 0.2) is 27.8 Å². The summed E-state index contributed by atoms with van der Waals surface area (Å²) in [6.45, 7) is 11.7. The normalized spacial score (nSPS) is 15.8. The number of ether oxygens (including phenoxy) is 1. The summed E-state index contributed by atoms with van der Waals surface area (Å²) in [4.78, 5) is 20.2. The second-order valence-electron chi connectivity index (χ2n) is 6.52. The Morgan fingerprint density at radius 2 is 2.11 bits per heavy atom. The molecule has 1 aromatic rings. The van der Waals surface area contributed by atoms with Crippen LogP contribution in [0.3, 0.4) is 0 Å². The summed E-state index contributed by atoms with van der Waals surface area (Å²) in [6, 6.07) is 3.77. The van der Waals surface area contributed by atoms with Crippen molar-refractivity contribution in [1.29, 1.82) is 0 Å². The van der Waals surface area contributed by atoms with Crippen LogP contribution in [0.4, 0.5) is 0 Å². The summed E-state index contributed by atoms with van der Waals surface area (Å²) in [5.41, 5.74) is 0. The third-order valence-corrected chi connectivity index (χ3v) is 4.42. The van der Waals surface area contributed by atoms with Crippen LogP contribution in [-0.4, -0.2) is 80.6 Å². The zero-order valence-electron chi connectivity index (χ0n) is 16.6. The van der Waals surface area contributed by atoms with Gasteiger partial charge in [0.1, 0.15) is 12.4 Å². The lowest BCUT2D eigenvalue weighted by Crippen LogP contribution is -2.50. The maximum atomic E-state index is 11.4. The van der Waals surface area contributed by atoms with Gasteiger partial charge in [-0.05, 0) is 25.5 Å². The minimum absolute atomic E-state index is 0.169. The van der Waals surface area contributed by atoms with Crippen molar-refractivity contribution in [1.82, 2.24) is 20.4 Å². The van der Waals surface area contributed by atoms with Crippen molar-refractivity contribution >= 4 is 11.9 Å². The lowest BCUT2D eigenvalue weighted by molar-refractivity contribution is -0.130. The molecule has 152 valence electrons. The molecule has 0 bridgehead atoms. The Bertz CT molecular complexity index is 554. The van der Waals surface area contributed by atoms with Gasteiger partial charge in [0, 0.05) is 65.9 Å². The number of aliphatic imine (C=N–C) groups is 1. The molecule has 1 fully saturated rings. The van der Waals surface area contributed by atoms with Gasteiger partial charge in [-0.25, -0.2) is 0 Å². The van der Waals surface area contributed by atoms with Gasteiger partial charge in [-0.15, -0.1) is 0 Å². The number of hydrogen-bond donors (Lipinski definition) is 2. The fraction of sp³-hybridized carbons (Fsp3) is 0.684. The van der Waals surface area contributed by atoms with Gasteiger partial charge in [0.25, 0.3) is 0 Å². The second kappa shape index (κ2) is 12.3. The van der Waals surface area contributed by atoms with Crippen molar-refractivity contribution in [3.8, 4) is 0 Å². The lowest BCUT2D eigenvalue weighted by atomic mass is 10.3. The molecule has 1 amide bonds. The minimum Gasteiger partial charge on any atom is -0.467 e. The molecule has 0 atom stereocenters. The minimum atomic E-state index is 0.169. The van der Waals surface area contributed by atoms with E-state index in [1.807, 2.05) is 17.0 Å². The number of nitrogens with one attached hydrogen (secondary N) is 2. The third-order valence-electron chi connectivity index (χ3n) is 4.42. The summed E-state index contributed by atoms with van der Waals surface area (Å²) >= 11 is 0. The van der Waals surface area contributed by atoms with Crippen LogP contribution in [0, 0.1) is 0 Å². The SMILES string of the molecule is CCNC(=NCCCOCc1ccco1)NCCN1CCN(C(C)=O)CC1. The van der Waals surface area contributed by atoms with E-state index in [4.69, 9.17) is 9.15 Å². The maximum absolute atomic E-state index is 11.4. The highest BCUT2D eigenvalue weighted by atomic mass is 16.5. The molecule has 8 nitrogen and oxygen atoms in total. The van der Waals surface area contributed by atoms with Crippen molar-refractivity contribution in [2.24, 2.45) is 4.99 Å². The molecule has 1 aliphatic rings. The molecule has 1 aromatic heterocycles. The Kier molecular flexibility index (Phi) is 9.72. The van der Waals surface area contributed by atoms with Crippen LogP contribution in [0.5, 0.6) is 0 Å². The van der Waals surface area contributed by atoms with E-state index in [0.717, 1.165) is 64.0 Å². The number of carbonyl (C=O) groups is 1. The van der Waals surface area contributed by atoms with E-state index in [-0.39, 0.29) is 5.91 Å². The monoisotopic (exact) mass is 379 g/mol. The van der Waals surface area contributed by atoms with Crippen LogP contribution < -0.4 is 10.6 Å². The van der Waals surface area contributed by atoms with Gasteiger partial charge >= 0.3 is 0 Å². The Hall–Kier alpha value is -2.06. The van der Waals surface area contributed by atoms with Crippen molar-refractivity contribution in [2.45, 2.75) is 26.9 Å². The van der Waals surface area contributed by atoms with Crippen molar-refractivity contribution in [3.05, 3.63) is 24.2 Å². The number of piperazine rings is 1. The van der Waals surface area contributed by atoms with E-state index in [1.165, 1.54) is 0 Å². The highest BCUT2D eigenvalue weighted by Gasteiger charge is 2.17. The average Bonchev–Trinajstić information content (AvgIpc) is 3.18. The zero-order valence-corrected chi connectivity index (χ0v) is 16.6. The molecule has 1 aliphatic heterocycles. The summed E-state index contributed by atoms with van der Waals surface area (Å²) in [5, 5.41) is 6.64. The molecular formula is C19H33N5O3. The van der Waals surface area contributed by atoms with Crippen molar-refractivity contribution < 1.29 is 13.9 Å². The molecule has 0 aliphatic carbocycles. The van der Waals surface area contributed by atoms with Gasteiger partial charge in [0.15, 0.2) is 5.96 Å². The molecule has 2 heterocycles. The average molecular weight is 380 g/mol. The fourth-order valence-corrected chi connectivity index (χ4v) is 2.89. The largest absolute Gasteiger partial charge is 0.467 e. The van der Waals surface area contributed by atoms with Gasteiger partial charge in [0.05, 0.1) is 6.26 Å². The third kappa shape index (κ3) is 8.45. The first-order chi connectivity index (χ1) is 13.2. The molecule has 2 N–H and O–H groups in total. The molecule has 2 rings (SSSR count). The molecule has 0 saturated carbocycles. The van der Waals surface area contributed by atoms with Gasteiger partial charge in [-0.1, -0.05) is 0 Å². The number of guanidine groups is 1. The van der Waals surface area contributed by atoms with Crippen LogP contribution in [0.1, 0.15) is 26.0 Å². The van der Waals surface area contributed by atoms with E-state index >= 15 is 0 Å². The first-order valence-corrected chi connectivity index (χ1v) is 9.79. The maximum Gasteiger partial charge on any atom is 0.219 e. The number of furan rings is 1. The highest BCUT2D eigenvalue weighted by molar-refractivity contribution is 5.79. The van der Waals surface area contributed by atoms with E-state index in [0.29, 0.717) is 19.8 Å². The molecule has 0 unspecified atom stereocenters. The van der Waals surface area contributed by atoms with Gasteiger partial charge in [-0.2, -0.15) is 0 Å². The number of amides is 1. The van der Waals surface area contributed by atoms with E-state index in [1.54, 1.807) is 13.2 Å². The molecule has 8 heteroatoms. The summed E-state index contributed by atoms with van der Waals surface area (Å²) in [5.74, 6) is 1.85. The van der Waals surface area contributed by atoms with Gasteiger partial charge < -0.3 is 24.7 Å². The van der Waals surface area contributed by atoms with Gasteiger partial charge in [-0.3, -0.25) is 14.7 Å². The summed E-state index contributed by atoms with van der Waals surface area (Å²) in [7, 11) is 0. The highest BCUT2D eigenvalue weighted by Crippen LogP contribution is 2.02. The van der Waals surface area contributed by atoms with Crippen molar-refractivity contribution in [3.63, 3.8) is 0 Å². The van der Waals surface area contributed by atoms with Crippen LogP contribution in [-0.2, 0) is 16.1 Å². The van der Waals surface area contributed by atoms with E-state index in [9.17, 15) is 4.79 Å². The smallest absolute Gasteiger partial charge is 0.219 e. The predicted molar refractivity (Wildman–Crippen MR) is 106 cm³/mol. The number of nitrogens with zero attached hydrogens (tertiary/aromatic N) is 3. The number of rotatable bonds is 10. The first-order valence-electron chi connectivity index (χ1n) is 9.79. The molecule has 27 heavy (non-hydrogen) atoms. The lowest BCUT2D eigenvalue weighted by Gasteiger charge is -2.34. The van der Waals surface area contributed by atoms with Crippen LogP contribution in [0.2, 0.25) is 0 Å². The summed E-state index contributed by atoms with van der Waals surface area (Å²) < 4.78 is 10.8. The number of hydrogen-bond acceptors (Lipinski definition) is 5. The summed E-state index contributed by atoms with van der Waals surface area (Å²) in [6.07, 6.45) is 2.52. The Balaban J connectivity index is 1.57. The zero-order chi connectivity index (χ0) is 19.3. The Morgan fingerprint density at radius 3 is 2.78 bits per heavy atom. The molecular weight excluding hydrogens is 346 g/mol. The molecule has 1 saturated heterocycles. The van der Waals surface area contributed by atoms with Crippen LogP contribution >= 0.6 is 0 Å². The fourth-order valence-electron chi connectivity index (χ4n) is 2.89. The first kappa shape index (κ1) is 21.2. The standard InChI is InChI=1S/C19H33N5O3/c1-3-20-19(21-7-5-14-26-16-18-6-4-15-27-18)22-8-9-23-10-12-24(13-11-23)17(2)25/h4,6,15H,3,5,7-14,16H2,1-2H3,(H2,20,21,22). The van der Waals surface area contributed by atoms with Crippen LogP contribution in [0.25, 0.3) is 0 Å². The van der Waals surface area contributed by atoms with Crippen molar-refractivity contribution in [2.75, 3.05) is 59.0 Å². The Morgan fingerprint density at radius 1 is 1.30 bits per heavy atom. The predicted octanol–water partition coefficient (Wildman–Crippen LogP) is 0.906. The second-order valence-corrected chi connectivity index (χ2v) is 6.52. The molecule has 0 aromatic carbocycles.